The maximum absolute atomic E-state index is 14.2. The number of allylic oxidation sites excluding steroid dienone is 1. The molecule has 1 N–H and O–H groups in total. The van der Waals surface area contributed by atoms with Gasteiger partial charge in [-0.1, -0.05) is 36.4 Å². The van der Waals surface area contributed by atoms with Crippen molar-refractivity contribution in [1.82, 2.24) is 10.2 Å². The molecular weight excluding hydrogens is 514 g/mol. The molecule has 0 aliphatic carbocycles. The number of halogens is 4. The molecule has 0 saturated carbocycles. The van der Waals surface area contributed by atoms with Crippen molar-refractivity contribution in [2.45, 2.75) is 32.2 Å². The highest BCUT2D eigenvalue weighted by atomic mass is 19.4. The van der Waals surface area contributed by atoms with Crippen LogP contribution in [-0.4, -0.2) is 31.0 Å². The van der Waals surface area contributed by atoms with E-state index >= 15 is 0 Å². The van der Waals surface area contributed by atoms with Crippen molar-refractivity contribution in [3.05, 3.63) is 112 Å². The number of hydrogen-bond acceptors (Lipinski definition) is 4. The van der Waals surface area contributed by atoms with E-state index in [1.54, 1.807) is 43.2 Å². The fourth-order valence-corrected chi connectivity index (χ4v) is 4.35. The number of rotatable bonds is 7. The molecule has 0 amide bonds. The number of ether oxygens (including phenoxy) is 2. The molecule has 10 heteroatoms. The summed E-state index contributed by atoms with van der Waals surface area (Å²) in [6.45, 7) is 1.87. The number of methoxy groups -OCH3 is 2. The Morgan fingerprint density at radius 3 is 2.36 bits per heavy atom. The molecule has 0 radical (unpaired) electrons. The molecule has 3 aromatic rings. The van der Waals surface area contributed by atoms with Crippen molar-refractivity contribution >= 4 is 11.9 Å². The minimum atomic E-state index is -4.51. The van der Waals surface area contributed by atoms with Crippen LogP contribution in [-0.2, 0) is 28.8 Å². The molecule has 1 aliphatic heterocycles. The van der Waals surface area contributed by atoms with Crippen LogP contribution >= 0.6 is 0 Å². The van der Waals surface area contributed by atoms with Gasteiger partial charge in [0.2, 0.25) is 0 Å². The number of carbonyl (C=O) groups is 1. The van der Waals surface area contributed by atoms with Gasteiger partial charge in [0.1, 0.15) is 11.6 Å². The average Bonchev–Trinajstić information content (AvgIpc) is 2.92. The molecule has 204 valence electrons. The molecule has 0 bridgehead atoms. The van der Waals surface area contributed by atoms with E-state index in [2.05, 4.69) is 5.32 Å². The molecule has 4 rings (SSSR count). The summed E-state index contributed by atoms with van der Waals surface area (Å²) >= 11 is 0. The number of carbonyl (C=O) groups excluding carboxylic acids is 1. The van der Waals surface area contributed by atoms with Gasteiger partial charge in [-0.15, -0.1) is 0 Å². The van der Waals surface area contributed by atoms with Crippen LogP contribution in [0.25, 0.3) is 0 Å². The summed E-state index contributed by atoms with van der Waals surface area (Å²) in [5, 5.41) is 3.20. The Labute approximate surface area is 223 Å². The van der Waals surface area contributed by atoms with Crippen molar-refractivity contribution in [2.24, 2.45) is 4.99 Å². The van der Waals surface area contributed by atoms with Gasteiger partial charge < -0.3 is 19.7 Å². The molecular formula is C29H27F4N3O3. The van der Waals surface area contributed by atoms with E-state index in [0.29, 0.717) is 28.5 Å². The lowest BCUT2D eigenvalue weighted by atomic mass is 9.94. The van der Waals surface area contributed by atoms with Gasteiger partial charge in [-0.2, -0.15) is 13.2 Å². The van der Waals surface area contributed by atoms with Crippen LogP contribution in [0.1, 0.15) is 35.2 Å². The first kappa shape index (κ1) is 27.7. The lowest BCUT2D eigenvalue weighted by Crippen LogP contribution is -2.48. The predicted molar refractivity (Wildman–Crippen MR) is 138 cm³/mol. The SMILES string of the molecule is COC(=O)C1=C(C)N(Cc2cccc(C(F)(F)F)c2)C(=NCc2ccc(OC)cc2)NC1c1cccc(F)c1. The fourth-order valence-electron chi connectivity index (χ4n) is 4.35. The average molecular weight is 542 g/mol. The Hall–Kier alpha value is -4.34. The number of guanidine groups is 1. The molecule has 3 aromatic carbocycles. The van der Waals surface area contributed by atoms with Crippen LogP contribution in [0.3, 0.4) is 0 Å². The number of hydrogen-bond donors (Lipinski definition) is 1. The van der Waals surface area contributed by atoms with E-state index in [-0.39, 0.29) is 18.7 Å². The predicted octanol–water partition coefficient (Wildman–Crippen LogP) is 6.00. The number of aliphatic imine (C=N–C) groups is 1. The number of nitrogens with zero attached hydrogens (tertiary/aromatic N) is 2. The van der Waals surface area contributed by atoms with Crippen LogP contribution in [0, 0.1) is 5.82 Å². The summed E-state index contributed by atoms with van der Waals surface area (Å²) in [5.41, 5.74) is 1.50. The molecule has 0 aromatic heterocycles. The van der Waals surface area contributed by atoms with Gasteiger partial charge >= 0.3 is 12.1 Å². The molecule has 39 heavy (non-hydrogen) atoms. The van der Waals surface area contributed by atoms with Crippen molar-refractivity contribution < 1.29 is 31.8 Å². The Bertz CT molecular complexity index is 1400. The van der Waals surface area contributed by atoms with Crippen LogP contribution in [0.2, 0.25) is 0 Å². The minimum absolute atomic E-state index is 0.0133. The van der Waals surface area contributed by atoms with Gasteiger partial charge in [0.05, 0.1) is 44.5 Å². The van der Waals surface area contributed by atoms with Crippen LogP contribution < -0.4 is 10.1 Å². The number of nitrogens with one attached hydrogen (secondary N) is 1. The Morgan fingerprint density at radius 1 is 1.00 bits per heavy atom. The second kappa shape index (κ2) is 11.6. The summed E-state index contributed by atoms with van der Waals surface area (Å²) in [7, 11) is 2.79. The molecule has 6 nitrogen and oxygen atoms in total. The first-order chi connectivity index (χ1) is 18.6. The normalized spacial score (nSPS) is 16.7. The van der Waals surface area contributed by atoms with Crippen molar-refractivity contribution in [1.29, 1.82) is 0 Å². The largest absolute Gasteiger partial charge is 0.497 e. The summed E-state index contributed by atoms with van der Waals surface area (Å²) in [6.07, 6.45) is -4.51. The Balaban J connectivity index is 1.80. The minimum Gasteiger partial charge on any atom is -0.497 e. The van der Waals surface area contributed by atoms with Gasteiger partial charge in [-0.05, 0) is 60.0 Å². The van der Waals surface area contributed by atoms with Gasteiger partial charge in [0.15, 0.2) is 5.96 Å². The van der Waals surface area contributed by atoms with Crippen LogP contribution in [0.4, 0.5) is 17.6 Å². The Kier molecular flexibility index (Phi) is 8.23. The smallest absolute Gasteiger partial charge is 0.416 e. The first-order valence-electron chi connectivity index (χ1n) is 12.0. The lowest BCUT2D eigenvalue weighted by Gasteiger charge is -2.38. The zero-order valence-electron chi connectivity index (χ0n) is 21.6. The maximum atomic E-state index is 14.2. The van der Waals surface area contributed by atoms with Crippen LogP contribution in [0.15, 0.2) is 89.1 Å². The quantitative estimate of drug-likeness (QED) is 0.294. The molecule has 0 spiro atoms. The maximum Gasteiger partial charge on any atom is 0.416 e. The second-order valence-electron chi connectivity index (χ2n) is 8.90. The zero-order valence-corrected chi connectivity index (χ0v) is 21.6. The number of esters is 1. The van der Waals surface area contributed by atoms with Gasteiger partial charge in [-0.25, -0.2) is 14.2 Å². The highest BCUT2D eigenvalue weighted by Gasteiger charge is 2.36. The molecule has 1 atom stereocenters. The summed E-state index contributed by atoms with van der Waals surface area (Å²) in [5.74, 6) is -0.152. The number of alkyl halides is 3. The van der Waals surface area contributed by atoms with Crippen molar-refractivity contribution in [2.75, 3.05) is 14.2 Å². The van der Waals surface area contributed by atoms with E-state index in [1.165, 1.54) is 31.4 Å². The third-order valence-corrected chi connectivity index (χ3v) is 6.37. The van der Waals surface area contributed by atoms with Crippen molar-refractivity contribution in [3.8, 4) is 5.75 Å². The third-order valence-electron chi connectivity index (χ3n) is 6.37. The molecule has 1 heterocycles. The summed E-state index contributed by atoms with van der Waals surface area (Å²) in [6, 6.07) is 17.2. The first-order valence-corrected chi connectivity index (χ1v) is 12.0. The summed E-state index contributed by atoms with van der Waals surface area (Å²) in [4.78, 5) is 19.3. The standard InChI is InChI=1S/C29H27F4N3O3/c1-18-25(27(37)39-3)26(21-7-5-9-23(30)15-21)35-28(34-16-19-10-12-24(38-2)13-11-19)36(18)17-20-6-4-8-22(14-20)29(31,32)33/h4-15,26H,16-17H2,1-3H3,(H,34,35). The topological polar surface area (TPSA) is 63.2 Å². The van der Waals surface area contributed by atoms with Crippen molar-refractivity contribution in [3.63, 3.8) is 0 Å². The highest BCUT2D eigenvalue weighted by Crippen LogP contribution is 2.34. The highest BCUT2D eigenvalue weighted by molar-refractivity contribution is 5.96. The third kappa shape index (κ3) is 6.39. The summed E-state index contributed by atoms with van der Waals surface area (Å²) < 4.78 is 64.5. The monoisotopic (exact) mass is 541 g/mol. The van der Waals surface area contributed by atoms with E-state index in [1.807, 2.05) is 12.1 Å². The number of benzene rings is 3. The van der Waals surface area contributed by atoms with Gasteiger partial charge in [0, 0.05) is 5.70 Å². The van der Waals surface area contributed by atoms with E-state index < -0.39 is 29.6 Å². The zero-order chi connectivity index (χ0) is 28.2. The van der Waals surface area contributed by atoms with Gasteiger partial charge in [-0.3, -0.25) is 0 Å². The second-order valence-corrected chi connectivity index (χ2v) is 8.90. The van der Waals surface area contributed by atoms with E-state index in [4.69, 9.17) is 14.5 Å². The lowest BCUT2D eigenvalue weighted by molar-refractivity contribution is -0.138. The van der Waals surface area contributed by atoms with Crippen LogP contribution in [0.5, 0.6) is 5.75 Å². The van der Waals surface area contributed by atoms with Gasteiger partial charge in [0.25, 0.3) is 0 Å². The molecule has 0 saturated heterocycles. The molecule has 1 aliphatic rings. The Morgan fingerprint density at radius 2 is 1.72 bits per heavy atom. The van der Waals surface area contributed by atoms with E-state index in [0.717, 1.165) is 17.7 Å². The van der Waals surface area contributed by atoms with E-state index in [9.17, 15) is 22.4 Å². The molecule has 0 fully saturated rings. The molecule has 1 unspecified atom stereocenters. The fraction of sp³-hybridized carbons (Fsp3) is 0.241.